The molecule has 1 atom stereocenters. The van der Waals surface area contributed by atoms with Gasteiger partial charge in [-0.25, -0.2) is 4.39 Å². The molecule has 0 saturated carbocycles. The molecule has 0 spiro atoms. The second-order valence-corrected chi connectivity index (χ2v) is 3.81. The SMILES string of the molecule is OC1CCOc2cc(Br)c(F)cc21. The first-order chi connectivity index (χ1) is 6.18. The van der Waals surface area contributed by atoms with Crippen molar-refractivity contribution in [2.45, 2.75) is 12.5 Å². The molecule has 1 heterocycles. The zero-order chi connectivity index (χ0) is 9.42. The number of fused-ring (bicyclic) bond motifs is 1. The lowest BCUT2D eigenvalue weighted by atomic mass is 10.0. The highest BCUT2D eigenvalue weighted by atomic mass is 79.9. The number of benzene rings is 1. The van der Waals surface area contributed by atoms with Crippen molar-refractivity contribution in [3.63, 3.8) is 0 Å². The number of rotatable bonds is 0. The lowest BCUT2D eigenvalue weighted by Gasteiger charge is -2.22. The molecule has 1 aliphatic rings. The van der Waals surface area contributed by atoms with Crippen LogP contribution < -0.4 is 4.74 Å². The molecule has 1 N–H and O–H groups in total. The molecular formula is C9H8BrFO2. The van der Waals surface area contributed by atoms with Gasteiger partial charge in [0.2, 0.25) is 0 Å². The summed E-state index contributed by atoms with van der Waals surface area (Å²) in [6.07, 6.45) is -0.0833. The summed E-state index contributed by atoms with van der Waals surface area (Å²) < 4.78 is 18.7. The summed E-state index contributed by atoms with van der Waals surface area (Å²) >= 11 is 3.06. The fourth-order valence-electron chi connectivity index (χ4n) is 1.37. The first-order valence-electron chi connectivity index (χ1n) is 3.98. The quantitative estimate of drug-likeness (QED) is 0.762. The molecule has 1 aromatic carbocycles. The maximum Gasteiger partial charge on any atom is 0.138 e. The summed E-state index contributed by atoms with van der Waals surface area (Å²) in [6.45, 7) is 0.478. The predicted molar refractivity (Wildman–Crippen MR) is 49.2 cm³/mol. The van der Waals surface area contributed by atoms with Crippen LogP contribution in [0.15, 0.2) is 16.6 Å². The highest BCUT2D eigenvalue weighted by molar-refractivity contribution is 9.10. The van der Waals surface area contributed by atoms with Gasteiger partial charge in [-0.2, -0.15) is 0 Å². The molecule has 1 unspecified atom stereocenters. The van der Waals surface area contributed by atoms with Gasteiger partial charge < -0.3 is 9.84 Å². The van der Waals surface area contributed by atoms with Gasteiger partial charge in [0.1, 0.15) is 11.6 Å². The molecule has 0 radical (unpaired) electrons. The van der Waals surface area contributed by atoms with Crippen LogP contribution >= 0.6 is 15.9 Å². The molecule has 0 aliphatic carbocycles. The standard InChI is InChI=1S/C9H8BrFO2/c10-6-4-9-5(3-7(6)11)8(12)1-2-13-9/h3-4,8,12H,1-2H2. The smallest absolute Gasteiger partial charge is 0.138 e. The summed E-state index contributed by atoms with van der Waals surface area (Å²) in [5, 5.41) is 9.51. The number of aliphatic hydroxyl groups excluding tert-OH is 1. The van der Waals surface area contributed by atoms with Gasteiger partial charge in [-0.15, -0.1) is 0 Å². The van der Waals surface area contributed by atoms with E-state index in [1.165, 1.54) is 6.07 Å². The molecule has 1 aliphatic heterocycles. The third-order valence-corrected chi connectivity index (χ3v) is 2.67. The Labute approximate surface area is 83.5 Å². The number of aliphatic hydroxyl groups is 1. The van der Waals surface area contributed by atoms with Gasteiger partial charge in [0.25, 0.3) is 0 Å². The van der Waals surface area contributed by atoms with E-state index in [-0.39, 0.29) is 5.82 Å². The van der Waals surface area contributed by atoms with Crippen LogP contribution in [0, 0.1) is 5.82 Å². The molecule has 0 saturated heterocycles. The van der Waals surface area contributed by atoms with Crippen molar-refractivity contribution in [1.82, 2.24) is 0 Å². The van der Waals surface area contributed by atoms with Crippen LogP contribution in [0.25, 0.3) is 0 Å². The van der Waals surface area contributed by atoms with Gasteiger partial charge in [0.05, 0.1) is 17.2 Å². The van der Waals surface area contributed by atoms with Gasteiger partial charge in [0, 0.05) is 12.0 Å². The van der Waals surface area contributed by atoms with Gasteiger partial charge >= 0.3 is 0 Å². The van der Waals surface area contributed by atoms with Crippen molar-refractivity contribution < 1.29 is 14.2 Å². The molecule has 70 valence electrons. The van der Waals surface area contributed by atoms with Crippen molar-refractivity contribution in [2.24, 2.45) is 0 Å². The van der Waals surface area contributed by atoms with E-state index in [0.717, 1.165) is 0 Å². The number of halogens is 2. The molecule has 0 bridgehead atoms. The maximum absolute atomic E-state index is 13.1. The van der Waals surface area contributed by atoms with Crippen LogP contribution in [0.3, 0.4) is 0 Å². The van der Waals surface area contributed by atoms with E-state index >= 15 is 0 Å². The van der Waals surface area contributed by atoms with E-state index in [0.29, 0.717) is 28.8 Å². The molecule has 2 rings (SSSR count). The average molecular weight is 247 g/mol. The van der Waals surface area contributed by atoms with Crippen molar-refractivity contribution in [1.29, 1.82) is 0 Å². The predicted octanol–water partition coefficient (Wildman–Crippen LogP) is 2.40. The first kappa shape index (κ1) is 8.97. The molecule has 13 heavy (non-hydrogen) atoms. The molecule has 4 heteroatoms. The largest absolute Gasteiger partial charge is 0.493 e. The number of hydrogen-bond acceptors (Lipinski definition) is 2. The molecule has 0 aromatic heterocycles. The normalized spacial score (nSPS) is 20.7. The summed E-state index contributed by atoms with van der Waals surface area (Å²) in [5.74, 6) is 0.190. The Morgan fingerprint density at radius 2 is 2.31 bits per heavy atom. The minimum atomic E-state index is -0.605. The van der Waals surface area contributed by atoms with Crippen LogP contribution in [0.2, 0.25) is 0 Å². The van der Waals surface area contributed by atoms with Crippen LogP contribution in [0.1, 0.15) is 18.1 Å². The summed E-state index contributed by atoms with van der Waals surface area (Å²) in [4.78, 5) is 0. The lowest BCUT2D eigenvalue weighted by molar-refractivity contribution is 0.115. The fraction of sp³-hybridized carbons (Fsp3) is 0.333. The molecular weight excluding hydrogens is 239 g/mol. The average Bonchev–Trinajstić information content (AvgIpc) is 2.09. The minimum Gasteiger partial charge on any atom is -0.493 e. The molecule has 1 aromatic rings. The van der Waals surface area contributed by atoms with Crippen LogP contribution in [-0.2, 0) is 0 Å². The second-order valence-electron chi connectivity index (χ2n) is 2.96. The Bertz CT molecular complexity index is 341. The molecule has 0 amide bonds. The van der Waals surface area contributed by atoms with E-state index in [1.54, 1.807) is 6.07 Å². The third kappa shape index (κ3) is 1.56. The Morgan fingerprint density at radius 1 is 1.54 bits per heavy atom. The van der Waals surface area contributed by atoms with Crippen LogP contribution in [-0.4, -0.2) is 11.7 Å². The van der Waals surface area contributed by atoms with Gasteiger partial charge in [-0.1, -0.05) is 0 Å². The van der Waals surface area contributed by atoms with E-state index < -0.39 is 6.10 Å². The van der Waals surface area contributed by atoms with E-state index in [1.807, 2.05) is 0 Å². The summed E-state index contributed by atoms with van der Waals surface area (Å²) in [7, 11) is 0. The Kier molecular flexibility index (Phi) is 2.26. The molecule has 2 nitrogen and oxygen atoms in total. The van der Waals surface area contributed by atoms with Crippen LogP contribution in [0.5, 0.6) is 5.75 Å². The lowest BCUT2D eigenvalue weighted by Crippen LogP contribution is -2.14. The topological polar surface area (TPSA) is 29.5 Å². The van der Waals surface area contributed by atoms with Crippen molar-refractivity contribution >= 4 is 15.9 Å². The van der Waals surface area contributed by atoms with Gasteiger partial charge in [-0.3, -0.25) is 0 Å². The maximum atomic E-state index is 13.1. The third-order valence-electron chi connectivity index (χ3n) is 2.06. The van der Waals surface area contributed by atoms with E-state index in [2.05, 4.69) is 15.9 Å². The fourth-order valence-corrected chi connectivity index (χ4v) is 1.69. The van der Waals surface area contributed by atoms with Gasteiger partial charge in [0.15, 0.2) is 0 Å². The highest BCUT2D eigenvalue weighted by Gasteiger charge is 2.20. The van der Waals surface area contributed by atoms with Crippen molar-refractivity contribution in [3.8, 4) is 5.75 Å². The number of hydrogen-bond donors (Lipinski definition) is 1. The monoisotopic (exact) mass is 246 g/mol. The van der Waals surface area contributed by atoms with Gasteiger partial charge in [-0.05, 0) is 28.1 Å². The Morgan fingerprint density at radius 3 is 3.08 bits per heavy atom. The van der Waals surface area contributed by atoms with Crippen molar-refractivity contribution in [2.75, 3.05) is 6.61 Å². The van der Waals surface area contributed by atoms with Crippen molar-refractivity contribution in [3.05, 3.63) is 28.0 Å². The highest BCUT2D eigenvalue weighted by Crippen LogP contribution is 2.35. The Hall–Kier alpha value is -0.610. The Balaban J connectivity index is 2.52. The first-order valence-corrected chi connectivity index (χ1v) is 4.77. The zero-order valence-electron chi connectivity index (χ0n) is 6.76. The summed E-state index contributed by atoms with van der Waals surface area (Å²) in [5.41, 5.74) is 0.534. The number of ether oxygens (including phenoxy) is 1. The summed E-state index contributed by atoms with van der Waals surface area (Å²) in [6, 6.07) is 2.86. The molecule has 0 fully saturated rings. The van der Waals surface area contributed by atoms with Crippen LogP contribution in [0.4, 0.5) is 4.39 Å². The van der Waals surface area contributed by atoms with E-state index in [9.17, 15) is 9.50 Å². The second kappa shape index (κ2) is 3.27. The zero-order valence-corrected chi connectivity index (χ0v) is 8.34. The minimum absolute atomic E-state index is 0.361. The van der Waals surface area contributed by atoms with E-state index in [4.69, 9.17) is 4.74 Å².